The van der Waals surface area contributed by atoms with Gasteiger partial charge in [0.05, 0.1) is 6.26 Å². The Morgan fingerprint density at radius 2 is 2.00 bits per heavy atom. The number of carbonyl (C=O) groups is 1. The van der Waals surface area contributed by atoms with Gasteiger partial charge in [-0.3, -0.25) is 4.79 Å². The van der Waals surface area contributed by atoms with Crippen molar-refractivity contribution < 1.29 is 13.9 Å². The maximum absolute atomic E-state index is 12.0. The SMILES string of the molecule is C[C@@H](N)C(=O)O[C@H]1CC[C@@]2(C)[C@H](CC[C@H]3C4=CC[C@H](c5ccc(=O)oc5)[C@@]4(C)CC[C@@H]32)C1. The van der Waals surface area contributed by atoms with Crippen molar-refractivity contribution in [3.05, 3.63) is 46.0 Å². The second-order valence-electron chi connectivity index (χ2n) is 11.4. The van der Waals surface area contributed by atoms with Gasteiger partial charge in [-0.1, -0.05) is 25.5 Å². The molecule has 3 saturated carbocycles. The summed E-state index contributed by atoms with van der Waals surface area (Å²) in [5.74, 6) is 2.12. The first-order valence-electron chi connectivity index (χ1n) is 12.5. The molecule has 0 radical (unpaired) electrons. The number of rotatable bonds is 3. The fraction of sp³-hybridized carbons (Fsp3) is 0.704. The molecule has 0 spiro atoms. The van der Waals surface area contributed by atoms with Crippen molar-refractivity contribution in [2.45, 2.75) is 90.2 Å². The van der Waals surface area contributed by atoms with Gasteiger partial charge in [-0.2, -0.15) is 0 Å². The molecule has 5 heteroatoms. The molecular weight excluding hydrogens is 402 g/mol. The Morgan fingerprint density at radius 3 is 2.72 bits per heavy atom. The lowest BCUT2D eigenvalue weighted by Crippen LogP contribution is -2.52. The van der Waals surface area contributed by atoms with E-state index in [9.17, 15) is 9.59 Å². The summed E-state index contributed by atoms with van der Waals surface area (Å²) in [5, 5.41) is 0. The van der Waals surface area contributed by atoms with E-state index < -0.39 is 6.04 Å². The minimum absolute atomic E-state index is 0.0276. The molecule has 0 saturated heterocycles. The van der Waals surface area contributed by atoms with Crippen LogP contribution in [-0.4, -0.2) is 18.1 Å². The third-order valence-electron chi connectivity index (χ3n) is 9.80. The van der Waals surface area contributed by atoms with Gasteiger partial charge in [-0.25, -0.2) is 4.79 Å². The number of allylic oxidation sites excluding steroid dienone is 2. The molecule has 3 fully saturated rings. The molecule has 2 N–H and O–H groups in total. The molecule has 1 aromatic heterocycles. The van der Waals surface area contributed by atoms with E-state index in [0.29, 0.717) is 29.1 Å². The normalized spacial score (nSPS) is 41.6. The molecule has 4 aliphatic rings. The molecule has 0 unspecified atom stereocenters. The standard InChI is InChI=1S/C27H37NO4/c1-16(28)25(30)32-19-10-12-26(2)18(14-19)5-6-20-22-8-7-21(17-4-9-24(29)31-15-17)27(22,3)13-11-23(20)26/h4,8-9,15-16,18-21,23H,5-7,10-14,28H2,1-3H3/t16-,18-,19+,20+,21-,23+,26+,27-/m1/s1. The molecule has 0 bridgehead atoms. The summed E-state index contributed by atoms with van der Waals surface area (Å²) in [6.07, 6.45) is 13.2. The molecular formula is C27H37NO4. The van der Waals surface area contributed by atoms with Gasteiger partial charge >= 0.3 is 11.6 Å². The van der Waals surface area contributed by atoms with Gasteiger partial charge in [-0.15, -0.1) is 0 Å². The quantitative estimate of drug-likeness (QED) is 0.532. The highest BCUT2D eigenvalue weighted by Gasteiger charge is 2.58. The summed E-state index contributed by atoms with van der Waals surface area (Å²) in [7, 11) is 0. The van der Waals surface area contributed by atoms with Crippen LogP contribution in [0.3, 0.4) is 0 Å². The summed E-state index contributed by atoms with van der Waals surface area (Å²) in [4.78, 5) is 23.5. The van der Waals surface area contributed by atoms with Crippen molar-refractivity contribution in [2.75, 3.05) is 0 Å². The minimum atomic E-state index is -0.546. The molecule has 32 heavy (non-hydrogen) atoms. The Labute approximate surface area is 190 Å². The van der Waals surface area contributed by atoms with Crippen molar-refractivity contribution in [3.8, 4) is 0 Å². The topological polar surface area (TPSA) is 82.5 Å². The highest BCUT2D eigenvalue weighted by molar-refractivity contribution is 5.75. The van der Waals surface area contributed by atoms with Crippen LogP contribution >= 0.6 is 0 Å². The van der Waals surface area contributed by atoms with Gasteiger partial charge in [0.2, 0.25) is 0 Å². The lowest BCUT2D eigenvalue weighted by Gasteiger charge is -2.59. The molecule has 0 aliphatic heterocycles. The minimum Gasteiger partial charge on any atom is -0.461 e. The van der Waals surface area contributed by atoms with E-state index in [1.807, 2.05) is 6.07 Å². The molecule has 174 valence electrons. The molecule has 8 atom stereocenters. The first kappa shape index (κ1) is 21.9. The number of hydrogen-bond acceptors (Lipinski definition) is 5. The van der Waals surface area contributed by atoms with Crippen LogP contribution in [0.5, 0.6) is 0 Å². The fourth-order valence-electron chi connectivity index (χ4n) is 8.00. The first-order valence-corrected chi connectivity index (χ1v) is 12.5. The Balaban J connectivity index is 1.34. The summed E-state index contributed by atoms with van der Waals surface area (Å²) < 4.78 is 11.0. The average molecular weight is 440 g/mol. The zero-order chi connectivity index (χ0) is 22.7. The number of nitrogens with two attached hydrogens (primary N) is 1. The van der Waals surface area contributed by atoms with Gasteiger partial charge in [0.25, 0.3) is 0 Å². The van der Waals surface area contributed by atoms with E-state index in [2.05, 4.69) is 19.9 Å². The monoisotopic (exact) mass is 439 g/mol. The number of esters is 1. The van der Waals surface area contributed by atoms with Crippen LogP contribution in [-0.2, 0) is 9.53 Å². The van der Waals surface area contributed by atoms with Crippen LogP contribution in [0.4, 0.5) is 0 Å². The largest absolute Gasteiger partial charge is 0.461 e. The van der Waals surface area contributed by atoms with Gasteiger partial charge in [0.15, 0.2) is 0 Å². The van der Waals surface area contributed by atoms with Crippen molar-refractivity contribution >= 4 is 5.97 Å². The molecule has 0 aromatic carbocycles. The van der Waals surface area contributed by atoms with Crippen LogP contribution in [0.1, 0.15) is 83.6 Å². The second kappa shape index (κ2) is 7.86. The Morgan fingerprint density at radius 1 is 1.19 bits per heavy atom. The third kappa shape index (κ3) is 3.39. The molecule has 0 amide bonds. The second-order valence-corrected chi connectivity index (χ2v) is 11.4. The first-order chi connectivity index (χ1) is 15.2. The van der Waals surface area contributed by atoms with Crippen molar-refractivity contribution in [2.24, 2.45) is 34.3 Å². The Bertz CT molecular complexity index is 960. The Hall–Kier alpha value is -1.88. The zero-order valence-corrected chi connectivity index (χ0v) is 19.6. The van der Waals surface area contributed by atoms with E-state index in [1.54, 1.807) is 24.8 Å². The van der Waals surface area contributed by atoms with E-state index in [-0.39, 0.29) is 23.1 Å². The van der Waals surface area contributed by atoms with Crippen LogP contribution in [0, 0.1) is 28.6 Å². The average Bonchev–Trinajstić information content (AvgIpc) is 3.11. The lowest BCUT2D eigenvalue weighted by molar-refractivity contribution is -0.158. The fourth-order valence-corrected chi connectivity index (χ4v) is 8.00. The van der Waals surface area contributed by atoms with Crippen LogP contribution in [0.25, 0.3) is 0 Å². The Kier molecular flexibility index (Phi) is 5.39. The predicted molar refractivity (Wildman–Crippen MR) is 123 cm³/mol. The molecule has 4 aliphatic carbocycles. The molecule has 5 rings (SSSR count). The molecule has 1 aromatic rings. The van der Waals surface area contributed by atoms with Crippen LogP contribution in [0.15, 0.2) is 39.3 Å². The smallest absolute Gasteiger partial charge is 0.335 e. The molecule has 5 nitrogen and oxygen atoms in total. The highest BCUT2D eigenvalue weighted by atomic mass is 16.5. The van der Waals surface area contributed by atoms with E-state index in [0.717, 1.165) is 31.2 Å². The van der Waals surface area contributed by atoms with Crippen molar-refractivity contribution in [3.63, 3.8) is 0 Å². The highest BCUT2D eigenvalue weighted by Crippen LogP contribution is 2.67. The van der Waals surface area contributed by atoms with E-state index in [4.69, 9.17) is 14.9 Å². The van der Waals surface area contributed by atoms with Gasteiger partial charge in [-0.05, 0) is 104 Å². The van der Waals surface area contributed by atoms with Crippen LogP contribution < -0.4 is 11.4 Å². The summed E-state index contributed by atoms with van der Waals surface area (Å²) in [6.45, 7) is 6.65. The maximum atomic E-state index is 12.0. The van der Waals surface area contributed by atoms with Crippen LogP contribution in [0.2, 0.25) is 0 Å². The van der Waals surface area contributed by atoms with E-state index in [1.165, 1.54) is 25.7 Å². The summed E-state index contributed by atoms with van der Waals surface area (Å²) in [6, 6.07) is 2.98. The summed E-state index contributed by atoms with van der Waals surface area (Å²) >= 11 is 0. The maximum Gasteiger partial charge on any atom is 0.335 e. The number of ether oxygens (including phenoxy) is 1. The predicted octanol–water partition coefficient (Wildman–Crippen LogP) is 4.95. The summed E-state index contributed by atoms with van der Waals surface area (Å²) in [5.41, 5.74) is 8.75. The van der Waals surface area contributed by atoms with E-state index >= 15 is 0 Å². The number of carbonyl (C=O) groups excluding carboxylic acids is 1. The number of hydrogen-bond donors (Lipinski definition) is 1. The van der Waals surface area contributed by atoms with Crippen molar-refractivity contribution in [1.82, 2.24) is 0 Å². The third-order valence-corrected chi connectivity index (χ3v) is 9.80. The number of fused-ring (bicyclic) bond motifs is 5. The molecule has 1 heterocycles. The van der Waals surface area contributed by atoms with Gasteiger partial charge in [0.1, 0.15) is 12.1 Å². The van der Waals surface area contributed by atoms with Gasteiger partial charge in [0, 0.05) is 6.07 Å². The lowest BCUT2D eigenvalue weighted by atomic mass is 9.46. The van der Waals surface area contributed by atoms with Crippen molar-refractivity contribution in [1.29, 1.82) is 0 Å². The van der Waals surface area contributed by atoms with Gasteiger partial charge < -0.3 is 14.9 Å². The zero-order valence-electron chi connectivity index (χ0n) is 19.6.